The van der Waals surface area contributed by atoms with Gasteiger partial charge in [-0.05, 0) is 18.4 Å². The molecule has 0 unspecified atom stereocenters. The molecular weight excluding hydrogens is 254 g/mol. The molecule has 7 heteroatoms. The van der Waals surface area contributed by atoms with Crippen molar-refractivity contribution in [1.82, 2.24) is 10.4 Å². The summed E-state index contributed by atoms with van der Waals surface area (Å²) >= 11 is 1.52. The van der Waals surface area contributed by atoms with Crippen molar-refractivity contribution in [3.8, 4) is 5.95 Å². The summed E-state index contributed by atoms with van der Waals surface area (Å²) in [6, 6.07) is 3.79. The minimum Gasteiger partial charge on any atom is -0.464 e. The molecule has 0 fully saturated rings. The van der Waals surface area contributed by atoms with Gasteiger partial charge in [0.1, 0.15) is 6.20 Å². The second-order valence-corrected chi connectivity index (χ2v) is 4.11. The van der Waals surface area contributed by atoms with E-state index in [4.69, 9.17) is 9.15 Å². The molecule has 0 atom stereocenters. The fraction of sp³-hybridized carbons (Fsp3) is 0.182. The highest BCUT2D eigenvalue weighted by Crippen LogP contribution is 2.12. The molecular formula is C11H11N3O3S. The number of nitrogens with one attached hydrogen (secondary N) is 1. The highest BCUT2D eigenvalue weighted by atomic mass is 32.1. The predicted molar refractivity (Wildman–Crippen MR) is 67.1 cm³/mol. The van der Waals surface area contributed by atoms with Gasteiger partial charge in [0, 0.05) is 4.88 Å². The molecule has 0 aliphatic rings. The Hall–Kier alpha value is -2.15. The van der Waals surface area contributed by atoms with Crippen molar-refractivity contribution in [2.75, 3.05) is 6.61 Å². The summed E-state index contributed by atoms with van der Waals surface area (Å²) in [7, 11) is 0. The number of rotatable bonds is 5. The zero-order valence-electron chi connectivity index (χ0n) is 9.62. The number of aromatic nitrogens is 1. The highest BCUT2D eigenvalue weighted by molar-refractivity contribution is 7.11. The summed E-state index contributed by atoms with van der Waals surface area (Å²) in [5.74, 6) is -0.388. The molecule has 0 aliphatic carbocycles. The number of nitrogens with zero attached hydrogens (tertiary/aromatic N) is 2. The van der Waals surface area contributed by atoms with Gasteiger partial charge in [0.25, 0.3) is 5.89 Å². The zero-order valence-corrected chi connectivity index (χ0v) is 10.4. The summed E-state index contributed by atoms with van der Waals surface area (Å²) in [5.41, 5.74) is 2.32. The maximum absolute atomic E-state index is 11.6. The Labute approximate surface area is 107 Å². The lowest BCUT2D eigenvalue weighted by Gasteiger charge is -1.95. The monoisotopic (exact) mass is 265 g/mol. The molecule has 94 valence electrons. The third-order valence-electron chi connectivity index (χ3n) is 1.87. The summed E-state index contributed by atoms with van der Waals surface area (Å²) in [5, 5.41) is 5.71. The second-order valence-electron chi connectivity index (χ2n) is 3.13. The van der Waals surface area contributed by atoms with E-state index in [0.717, 1.165) is 4.88 Å². The summed E-state index contributed by atoms with van der Waals surface area (Å²) in [4.78, 5) is 16.3. The molecule has 0 saturated heterocycles. The quantitative estimate of drug-likeness (QED) is 0.661. The summed E-state index contributed by atoms with van der Waals surface area (Å²) < 4.78 is 10.1. The van der Waals surface area contributed by atoms with Crippen LogP contribution in [0.15, 0.2) is 33.2 Å². The van der Waals surface area contributed by atoms with E-state index >= 15 is 0 Å². The van der Waals surface area contributed by atoms with Gasteiger partial charge >= 0.3 is 11.9 Å². The minimum atomic E-state index is -0.520. The van der Waals surface area contributed by atoms with Gasteiger partial charge in [-0.25, -0.2) is 10.4 Å². The Morgan fingerprint density at radius 2 is 2.61 bits per heavy atom. The molecule has 2 heterocycles. The number of thiophene rings is 1. The van der Waals surface area contributed by atoms with Crippen LogP contribution in [0, 0.1) is 0 Å². The molecule has 2 aromatic rings. The van der Waals surface area contributed by atoms with Crippen molar-refractivity contribution in [3.63, 3.8) is 0 Å². The molecule has 1 N–H and O–H groups in total. The fourth-order valence-corrected chi connectivity index (χ4v) is 1.73. The molecule has 1 amide bonds. The Balaban J connectivity index is 1.91. The van der Waals surface area contributed by atoms with Crippen LogP contribution in [0.25, 0.3) is 0 Å². The van der Waals surface area contributed by atoms with Crippen LogP contribution in [0.5, 0.6) is 5.95 Å². The smallest absolute Gasteiger partial charge is 0.327 e. The van der Waals surface area contributed by atoms with E-state index < -0.39 is 5.91 Å². The van der Waals surface area contributed by atoms with Gasteiger partial charge in [0.2, 0.25) is 0 Å². The van der Waals surface area contributed by atoms with Gasteiger partial charge in [-0.3, -0.25) is 4.79 Å². The van der Waals surface area contributed by atoms with Crippen molar-refractivity contribution in [2.45, 2.75) is 6.92 Å². The van der Waals surface area contributed by atoms with Crippen molar-refractivity contribution in [2.24, 2.45) is 5.10 Å². The van der Waals surface area contributed by atoms with Crippen LogP contribution >= 0.6 is 11.3 Å². The molecule has 0 aliphatic heterocycles. The minimum absolute atomic E-state index is 0.0817. The maximum atomic E-state index is 11.6. The Bertz CT molecular complexity index is 533. The first-order chi connectivity index (χ1) is 8.79. The van der Waals surface area contributed by atoms with Crippen LogP contribution in [0.1, 0.15) is 22.5 Å². The SMILES string of the molecule is CCOc1cnc(C(=O)NN=Cc2cccs2)o1. The topological polar surface area (TPSA) is 76.7 Å². The number of hydrogen-bond acceptors (Lipinski definition) is 6. The first-order valence-corrected chi connectivity index (χ1v) is 6.13. The number of oxazole rings is 1. The van der Waals surface area contributed by atoms with E-state index in [1.165, 1.54) is 17.5 Å². The summed E-state index contributed by atoms with van der Waals surface area (Å²) in [6.45, 7) is 2.26. The Morgan fingerprint density at radius 1 is 1.72 bits per heavy atom. The molecule has 0 aromatic carbocycles. The van der Waals surface area contributed by atoms with E-state index in [9.17, 15) is 4.79 Å². The van der Waals surface area contributed by atoms with Crippen LogP contribution in [0.2, 0.25) is 0 Å². The fourth-order valence-electron chi connectivity index (χ4n) is 1.14. The molecule has 2 rings (SSSR count). The highest BCUT2D eigenvalue weighted by Gasteiger charge is 2.12. The van der Waals surface area contributed by atoms with Gasteiger partial charge in [0.15, 0.2) is 0 Å². The Morgan fingerprint density at radius 3 is 3.33 bits per heavy atom. The molecule has 18 heavy (non-hydrogen) atoms. The number of hydrazone groups is 1. The van der Waals surface area contributed by atoms with Gasteiger partial charge in [-0.2, -0.15) is 5.10 Å². The van der Waals surface area contributed by atoms with E-state index in [0.29, 0.717) is 6.61 Å². The summed E-state index contributed by atoms with van der Waals surface area (Å²) in [6.07, 6.45) is 2.90. The van der Waals surface area contributed by atoms with Gasteiger partial charge in [-0.15, -0.1) is 11.3 Å². The van der Waals surface area contributed by atoms with Crippen molar-refractivity contribution >= 4 is 23.5 Å². The molecule has 0 bridgehead atoms. The van der Waals surface area contributed by atoms with E-state index in [2.05, 4.69) is 15.5 Å². The predicted octanol–water partition coefficient (Wildman–Crippen LogP) is 1.90. The zero-order chi connectivity index (χ0) is 12.8. The first kappa shape index (κ1) is 12.3. The van der Waals surface area contributed by atoms with Crippen molar-refractivity contribution in [1.29, 1.82) is 0 Å². The molecule has 0 saturated carbocycles. The standard InChI is InChI=1S/C11H11N3O3S/c1-2-16-9-7-12-11(17-9)10(15)14-13-6-8-4-3-5-18-8/h3-7H,2H2,1H3,(H,14,15). The molecule has 0 radical (unpaired) electrons. The van der Waals surface area contributed by atoms with Crippen LogP contribution in [0.3, 0.4) is 0 Å². The third kappa shape index (κ3) is 3.17. The number of amides is 1. The number of ether oxygens (including phenoxy) is 1. The molecule has 6 nitrogen and oxygen atoms in total. The lowest BCUT2D eigenvalue weighted by atomic mass is 10.5. The second kappa shape index (κ2) is 5.97. The van der Waals surface area contributed by atoms with Crippen LogP contribution in [0.4, 0.5) is 0 Å². The van der Waals surface area contributed by atoms with Crippen LogP contribution < -0.4 is 10.2 Å². The van der Waals surface area contributed by atoms with E-state index in [1.807, 2.05) is 24.4 Å². The average molecular weight is 265 g/mol. The van der Waals surface area contributed by atoms with Crippen LogP contribution in [-0.4, -0.2) is 23.7 Å². The maximum Gasteiger partial charge on any atom is 0.327 e. The average Bonchev–Trinajstić information content (AvgIpc) is 3.00. The lowest BCUT2D eigenvalue weighted by molar-refractivity contribution is 0.0912. The van der Waals surface area contributed by atoms with Crippen LogP contribution in [-0.2, 0) is 0 Å². The van der Waals surface area contributed by atoms with Crippen molar-refractivity contribution in [3.05, 3.63) is 34.5 Å². The van der Waals surface area contributed by atoms with Gasteiger partial charge in [-0.1, -0.05) is 6.07 Å². The third-order valence-corrected chi connectivity index (χ3v) is 2.67. The molecule has 0 spiro atoms. The van der Waals surface area contributed by atoms with E-state index in [1.54, 1.807) is 6.21 Å². The number of hydrogen-bond donors (Lipinski definition) is 1. The molecule has 2 aromatic heterocycles. The number of carbonyl (C=O) groups is 1. The largest absolute Gasteiger partial charge is 0.464 e. The van der Waals surface area contributed by atoms with Gasteiger partial charge < -0.3 is 9.15 Å². The Kier molecular flexibility index (Phi) is 4.08. The first-order valence-electron chi connectivity index (χ1n) is 5.25. The normalized spacial score (nSPS) is 10.7. The lowest BCUT2D eigenvalue weighted by Crippen LogP contribution is -2.17. The number of carbonyl (C=O) groups excluding carboxylic acids is 1. The van der Waals surface area contributed by atoms with E-state index in [-0.39, 0.29) is 11.8 Å². The van der Waals surface area contributed by atoms with Gasteiger partial charge in [0.05, 0.1) is 12.8 Å². The van der Waals surface area contributed by atoms with Crippen molar-refractivity contribution < 1.29 is 13.9 Å².